The lowest BCUT2D eigenvalue weighted by Gasteiger charge is -2.35. The summed E-state index contributed by atoms with van der Waals surface area (Å²) in [5.74, 6) is 0.706. The number of non-ortho nitro benzene ring substituents is 1. The Morgan fingerprint density at radius 1 is 1.06 bits per heavy atom. The quantitative estimate of drug-likeness (QED) is 0.327. The number of hydrogen-bond donors (Lipinski definition) is 0. The van der Waals surface area contributed by atoms with Crippen LogP contribution in [0.5, 0.6) is 0 Å². The van der Waals surface area contributed by atoms with Crippen LogP contribution in [0.25, 0.3) is 5.69 Å². The molecule has 0 spiro atoms. The fourth-order valence-corrected chi connectivity index (χ4v) is 4.35. The minimum absolute atomic E-state index is 0.0392. The third-order valence-electron chi connectivity index (χ3n) is 5.04. The number of anilines is 1. The lowest BCUT2D eigenvalue weighted by atomic mass is 10.3. The first-order valence-corrected chi connectivity index (χ1v) is 10.7. The van der Waals surface area contributed by atoms with E-state index in [-0.39, 0.29) is 16.8 Å². The second-order valence-electron chi connectivity index (χ2n) is 7.05. The molecule has 0 radical (unpaired) electrons. The standard InChI is InChI=1S/C20H21N7O3S/c1-15(31-18-9-7-17(8-10-18)27(29)30)19(28)24-11-13-25(14-12-24)20-21-22-23-26(20)16-5-3-2-4-6-16/h2-10,15H,11-14H2,1H3. The monoisotopic (exact) mass is 439 g/mol. The van der Waals surface area contributed by atoms with Gasteiger partial charge in [-0.2, -0.15) is 4.68 Å². The Bertz CT molecular complexity index is 1050. The SMILES string of the molecule is CC(Sc1ccc([N+](=O)[O-])cc1)C(=O)N1CCN(c2nnnn2-c2ccccc2)CC1. The summed E-state index contributed by atoms with van der Waals surface area (Å²) in [5, 5.41) is 22.6. The average Bonchev–Trinajstić information content (AvgIpc) is 3.29. The van der Waals surface area contributed by atoms with Gasteiger partial charge in [0.05, 0.1) is 15.9 Å². The van der Waals surface area contributed by atoms with Crippen LogP contribution in [0.15, 0.2) is 59.5 Å². The van der Waals surface area contributed by atoms with E-state index in [0.29, 0.717) is 32.1 Å². The smallest absolute Gasteiger partial charge is 0.269 e. The molecule has 1 aliphatic rings. The maximum atomic E-state index is 12.9. The highest BCUT2D eigenvalue weighted by molar-refractivity contribution is 8.00. The second kappa shape index (κ2) is 9.13. The predicted octanol–water partition coefficient (Wildman–Crippen LogP) is 2.40. The van der Waals surface area contributed by atoms with Gasteiger partial charge >= 0.3 is 0 Å². The number of carbonyl (C=O) groups is 1. The van der Waals surface area contributed by atoms with Crippen molar-refractivity contribution >= 4 is 29.3 Å². The van der Waals surface area contributed by atoms with E-state index < -0.39 is 4.92 Å². The summed E-state index contributed by atoms with van der Waals surface area (Å²) in [6.07, 6.45) is 0. The van der Waals surface area contributed by atoms with Crippen molar-refractivity contribution in [3.8, 4) is 5.69 Å². The van der Waals surface area contributed by atoms with Crippen molar-refractivity contribution in [2.24, 2.45) is 0 Å². The number of amides is 1. The molecule has 2 aromatic carbocycles. The van der Waals surface area contributed by atoms with Gasteiger partial charge in [0.15, 0.2) is 0 Å². The lowest BCUT2D eigenvalue weighted by molar-refractivity contribution is -0.384. The number of nitrogens with zero attached hydrogens (tertiary/aromatic N) is 7. The molecule has 0 saturated carbocycles. The van der Waals surface area contributed by atoms with Gasteiger partial charge in [-0.1, -0.05) is 23.3 Å². The zero-order chi connectivity index (χ0) is 21.8. The molecule has 11 heteroatoms. The molecule has 10 nitrogen and oxygen atoms in total. The minimum Gasteiger partial charge on any atom is -0.338 e. The van der Waals surface area contributed by atoms with E-state index in [9.17, 15) is 14.9 Å². The van der Waals surface area contributed by atoms with Crippen molar-refractivity contribution in [3.63, 3.8) is 0 Å². The maximum absolute atomic E-state index is 12.9. The van der Waals surface area contributed by atoms with Crippen LogP contribution < -0.4 is 4.90 Å². The van der Waals surface area contributed by atoms with Crippen molar-refractivity contribution in [1.82, 2.24) is 25.1 Å². The molecule has 3 aromatic rings. The van der Waals surface area contributed by atoms with Gasteiger partial charge < -0.3 is 9.80 Å². The Morgan fingerprint density at radius 2 is 1.74 bits per heavy atom. The fraction of sp³-hybridized carbons (Fsp3) is 0.300. The Balaban J connectivity index is 1.35. The van der Waals surface area contributed by atoms with Crippen molar-refractivity contribution in [2.45, 2.75) is 17.1 Å². The fourth-order valence-electron chi connectivity index (χ4n) is 3.40. The maximum Gasteiger partial charge on any atom is 0.269 e. The molecule has 0 aliphatic carbocycles. The molecule has 0 bridgehead atoms. The van der Waals surface area contributed by atoms with Gasteiger partial charge in [-0.15, -0.1) is 11.8 Å². The number of thioether (sulfide) groups is 1. The zero-order valence-electron chi connectivity index (χ0n) is 16.9. The molecule has 1 unspecified atom stereocenters. The molecular formula is C20H21N7O3S. The van der Waals surface area contributed by atoms with E-state index >= 15 is 0 Å². The van der Waals surface area contributed by atoms with Crippen LogP contribution in [0.2, 0.25) is 0 Å². The van der Waals surface area contributed by atoms with Crippen molar-refractivity contribution in [2.75, 3.05) is 31.1 Å². The molecule has 1 saturated heterocycles. The summed E-state index contributed by atoms with van der Waals surface area (Å²) < 4.78 is 1.70. The number of nitro benzene ring substituents is 1. The van der Waals surface area contributed by atoms with Gasteiger partial charge in [0, 0.05) is 43.2 Å². The summed E-state index contributed by atoms with van der Waals surface area (Å²) in [6.45, 7) is 4.27. The molecule has 31 heavy (non-hydrogen) atoms. The van der Waals surface area contributed by atoms with Gasteiger partial charge in [0.2, 0.25) is 11.9 Å². The molecule has 1 fully saturated rings. The molecular weight excluding hydrogens is 418 g/mol. The number of hydrogen-bond acceptors (Lipinski definition) is 8. The van der Waals surface area contributed by atoms with Crippen LogP contribution >= 0.6 is 11.8 Å². The third-order valence-corrected chi connectivity index (χ3v) is 6.14. The van der Waals surface area contributed by atoms with Crippen LogP contribution in [0.1, 0.15) is 6.92 Å². The van der Waals surface area contributed by atoms with Crippen LogP contribution in [0.3, 0.4) is 0 Å². The molecule has 4 rings (SSSR count). The second-order valence-corrected chi connectivity index (χ2v) is 8.46. The largest absolute Gasteiger partial charge is 0.338 e. The zero-order valence-corrected chi connectivity index (χ0v) is 17.7. The molecule has 1 amide bonds. The highest BCUT2D eigenvalue weighted by Crippen LogP contribution is 2.27. The Kier molecular flexibility index (Phi) is 6.12. The highest BCUT2D eigenvalue weighted by atomic mass is 32.2. The van der Waals surface area contributed by atoms with Crippen LogP contribution in [-0.4, -0.2) is 67.4 Å². The number of piperazine rings is 1. The van der Waals surface area contributed by atoms with Gasteiger partial charge in [0.25, 0.3) is 5.69 Å². The number of rotatable bonds is 6. The van der Waals surface area contributed by atoms with Crippen LogP contribution in [0.4, 0.5) is 11.6 Å². The summed E-state index contributed by atoms with van der Waals surface area (Å²) in [7, 11) is 0. The topological polar surface area (TPSA) is 110 Å². The molecule has 2 heterocycles. The molecule has 1 aliphatic heterocycles. The van der Waals surface area contributed by atoms with E-state index in [4.69, 9.17) is 0 Å². The predicted molar refractivity (Wildman–Crippen MR) is 116 cm³/mol. The van der Waals surface area contributed by atoms with Crippen LogP contribution in [0, 0.1) is 10.1 Å². The first-order chi connectivity index (χ1) is 15.0. The number of benzene rings is 2. The summed E-state index contributed by atoms with van der Waals surface area (Å²) in [4.78, 5) is 28.0. The number of aromatic nitrogens is 4. The summed E-state index contributed by atoms with van der Waals surface area (Å²) in [5.41, 5.74) is 0.923. The van der Waals surface area contributed by atoms with Gasteiger partial charge in [-0.25, -0.2) is 0 Å². The Morgan fingerprint density at radius 3 is 2.39 bits per heavy atom. The van der Waals surface area contributed by atoms with E-state index in [2.05, 4.69) is 20.4 Å². The number of nitro groups is 1. The minimum atomic E-state index is -0.434. The van der Waals surface area contributed by atoms with Gasteiger partial charge in [0.1, 0.15) is 0 Å². The molecule has 1 atom stereocenters. The Hall–Kier alpha value is -3.47. The normalized spacial score (nSPS) is 15.0. The average molecular weight is 440 g/mol. The summed E-state index contributed by atoms with van der Waals surface area (Å²) >= 11 is 1.40. The molecule has 1 aromatic heterocycles. The lowest BCUT2D eigenvalue weighted by Crippen LogP contribution is -2.51. The van der Waals surface area contributed by atoms with E-state index in [1.54, 1.807) is 16.8 Å². The van der Waals surface area contributed by atoms with E-state index in [0.717, 1.165) is 10.6 Å². The van der Waals surface area contributed by atoms with Gasteiger partial charge in [-0.3, -0.25) is 14.9 Å². The summed E-state index contributed by atoms with van der Waals surface area (Å²) in [6, 6.07) is 15.9. The number of tetrazole rings is 1. The third kappa shape index (κ3) is 4.66. The first kappa shape index (κ1) is 20.8. The van der Waals surface area contributed by atoms with Crippen molar-refractivity contribution < 1.29 is 9.72 Å². The first-order valence-electron chi connectivity index (χ1n) is 9.81. The highest BCUT2D eigenvalue weighted by Gasteiger charge is 2.28. The van der Waals surface area contributed by atoms with Crippen molar-refractivity contribution in [1.29, 1.82) is 0 Å². The van der Waals surface area contributed by atoms with Crippen molar-refractivity contribution in [3.05, 3.63) is 64.7 Å². The van der Waals surface area contributed by atoms with E-state index in [1.807, 2.05) is 42.2 Å². The number of carbonyl (C=O) groups excluding carboxylic acids is 1. The van der Waals surface area contributed by atoms with Crippen LogP contribution in [-0.2, 0) is 4.79 Å². The number of para-hydroxylation sites is 1. The molecule has 160 valence electrons. The Labute approximate surface area is 183 Å². The molecule has 0 N–H and O–H groups in total. The van der Waals surface area contributed by atoms with Gasteiger partial charge in [-0.05, 0) is 41.6 Å². The van der Waals surface area contributed by atoms with E-state index in [1.165, 1.54) is 23.9 Å².